The van der Waals surface area contributed by atoms with E-state index in [9.17, 15) is 4.79 Å². The zero-order valence-electron chi connectivity index (χ0n) is 15.9. The van der Waals surface area contributed by atoms with E-state index in [2.05, 4.69) is 30.7 Å². The van der Waals surface area contributed by atoms with Crippen molar-refractivity contribution in [2.24, 2.45) is 0 Å². The Labute approximate surface area is 159 Å². The number of morpholine rings is 1. The zero-order chi connectivity index (χ0) is 18.9. The van der Waals surface area contributed by atoms with Gasteiger partial charge in [-0.05, 0) is 19.8 Å². The third-order valence-electron chi connectivity index (χ3n) is 4.75. The normalized spacial score (nSPS) is 18.9. The molecule has 3 rings (SSSR count). The van der Waals surface area contributed by atoms with Crippen LogP contribution in [0.25, 0.3) is 0 Å². The van der Waals surface area contributed by atoms with Gasteiger partial charge in [-0.25, -0.2) is 4.79 Å². The summed E-state index contributed by atoms with van der Waals surface area (Å²) in [4.78, 5) is 20.3. The molecule has 0 bridgehead atoms. The Kier molecular flexibility index (Phi) is 7.40. The molecule has 27 heavy (non-hydrogen) atoms. The van der Waals surface area contributed by atoms with Crippen molar-refractivity contribution in [2.75, 3.05) is 69.7 Å². The maximum atomic E-state index is 11.8. The average Bonchev–Trinajstić information content (AvgIpc) is 2.70. The molecule has 0 radical (unpaired) electrons. The van der Waals surface area contributed by atoms with Gasteiger partial charge >= 0.3 is 6.09 Å². The molecule has 10 heteroatoms. The van der Waals surface area contributed by atoms with E-state index in [0.717, 1.165) is 52.2 Å². The van der Waals surface area contributed by atoms with Crippen LogP contribution < -0.4 is 10.6 Å². The molecule has 150 valence electrons. The predicted octanol–water partition coefficient (Wildman–Crippen LogP) is 0.649. The van der Waals surface area contributed by atoms with Crippen LogP contribution in [0.3, 0.4) is 0 Å². The zero-order valence-corrected chi connectivity index (χ0v) is 15.9. The molecular formula is C17H29N7O3. The number of hydrogen-bond donors (Lipinski definition) is 2. The van der Waals surface area contributed by atoms with Crippen LogP contribution in [0.2, 0.25) is 0 Å². The summed E-state index contributed by atoms with van der Waals surface area (Å²) < 4.78 is 10.4. The molecule has 2 N–H and O–H groups in total. The molecule has 0 unspecified atom stereocenters. The number of anilines is 2. The van der Waals surface area contributed by atoms with Crippen molar-refractivity contribution in [1.82, 2.24) is 25.0 Å². The lowest BCUT2D eigenvalue weighted by atomic mass is 10.1. The van der Waals surface area contributed by atoms with Crippen molar-refractivity contribution in [3.8, 4) is 0 Å². The Morgan fingerprint density at radius 1 is 1.30 bits per heavy atom. The van der Waals surface area contributed by atoms with Crippen molar-refractivity contribution in [2.45, 2.75) is 25.8 Å². The Morgan fingerprint density at radius 3 is 2.81 bits per heavy atom. The molecule has 0 spiro atoms. The molecule has 10 nitrogen and oxygen atoms in total. The Hall–Kier alpha value is -2.20. The monoisotopic (exact) mass is 379 g/mol. The van der Waals surface area contributed by atoms with Crippen molar-refractivity contribution < 1.29 is 14.3 Å². The second kappa shape index (κ2) is 10.2. The van der Waals surface area contributed by atoms with Crippen molar-refractivity contribution in [3.05, 3.63) is 6.20 Å². The van der Waals surface area contributed by atoms with Crippen LogP contribution in [0.4, 0.5) is 16.6 Å². The summed E-state index contributed by atoms with van der Waals surface area (Å²) in [7, 11) is 0. The predicted molar refractivity (Wildman–Crippen MR) is 101 cm³/mol. The highest BCUT2D eigenvalue weighted by Gasteiger charge is 2.24. The molecule has 2 fully saturated rings. The summed E-state index contributed by atoms with van der Waals surface area (Å²) in [5.41, 5.74) is 0. The number of nitrogens with zero attached hydrogens (tertiary/aromatic N) is 5. The second-order valence-corrected chi connectivity index (χ2v) is 6.65. The lowest BCUT2D eigenvalue weighted by molar-refractivity contribution is 0.0398. The molecule has 3 heterocycles. The van der Waals surface area contributed by atoms with Crippen LogP contribution in [0, 0.1) is 0 Å². The summed E-state index contributed by atoms with van der Waals surface area (Å²) in [6, 6.07) is 0.223. The molecule has 1 amide bonds. The number of aromatic nitrogens is 3. The van der Waals surface area contributed by atoms with Gasteiger partial charge in [-0.15, -0.1) is 5.10 Å². The van der Waals surface area contributed by atoms with E-state index in [1.807, 2.05) is 6.92 Å². The lowest BCUT2D eigenvalue weighted by Gasteiger charge is -2.31. The van der Waals surface area contributed by atoms with Crippen molar-refractivity contribution >= 4 is 17.9 Å². The molecular weight excluding hydrogens is 350 g/mol. The Balaban J connectivity index is 1.40. The van der Waals surface area contributed by atoms with Crippen molar-refractivity contribution in [3.63, 3.8) is 0 Å². The molecule has 0 saturated carbocycles. The quantitative estimate of drug-likeness (QED) is 0.706. The van der Waals surface area contributed by atoms with Gasteiger partial charge < -0.3 is 25.0 Å². The van der Waals surface area contributed by atoms with Crippen LogP contribution in [0.1, 0.15) is 19.8 Å². The molecule has 0 aromatic carbocycles. The van der Waals surface area contributed by atoms with E-state index in [-0.39, 0.29) is 12.1 Å². The van der Waals surface area contributed by atoms with Crippen LogP contribution >= 0.6 is 0 Å². The Morgan fingerprint density at radius 2 is 2.07 bits per heavy atom. The van der Waals surface area contributed by atoms with Gasteiger partial charge in [-0.1, -0.05) is 0 Å². The Bertz CT molecular complexity index is 590. The van der Waals surface area contributed by atoms with Gasteiger partial charge in [0.05, 0.1) is 26.0 Å². The van der Waals surface area contributed by atoms with Gasteiger partial charge in [0.2, 0.25) is 5.95 Å². The van der Waals surface area contributed by atoms with Gasteiger partial charge in [0, 0.05) is 45.3 Å². The summed E-state index contributed by atoms with van der Waals surface area (Å²) in [6.45, 7) is 8.86. The molecule has 0 aliphatic carbocycles. The van der Waals surface area contributed by atoms with Gasteiger partial charge in [-0.2, -0.15) is 10.1 Å². The molecule has 2 aliphatic rings. The molecule has 0 atom stereocenters. The fraction of sp³-hybridized carbons (Fsp3) is 0.765. The number of carbonyl (C=O) groups excluding carboxylic acids is 1. The fourth-order valence-electron chi connectivity index (χ4n) is 3.22. The van der Waals surface area contributed by atoms with Gasteiger partial charge in [0.25, 0.3) is 0 Å². The number of hydrogen-bond acceptors (Lipinski definition) is 9. The first kappa shape index (κ1) is 19.6. The molecule has 2 saturated heterocycles. The third kappa shape index (κ3) is 6.17. The minimum absolute atomic E-state index is 0.223. The number of rotatable bonds is 7. The highest BCUT2D eigenvalue weighted by molar-refractivity contribution is 5.67. The lowest BCUT2D eigenvalue weighted by Crippen LogP contribution is -2.42. The largest absolute Gasteiger partial charge is 0.450 e. The first-order valence-corrected chi connectivity index (χ1v) is 9.66. The number of ether oxygens (including phenoxy) is 2. The number of amides is 1. The second-order valence-electron chi connectivity index (χ2n) is 6.65. The third-order valence-corrected chi connectivity index (χ3v) is 4.75. The number of piperidine rings is 1. The maximum absolute atomic E-state index is 11.8. The highest BCUT2D eigenvalue weighted by atomic mass is 16.6. The smallest absolute Gasteiger partial charge is 0.409 e. The number of nitrogens with one attached hydrogen (secondary N) is 2. The van der Waals surface area contributed by atoms with Gasteiger partial charge in [0.15, 0.2) is 5.82 Å². The SMILES string of the molecule is CCOC(=O)N1CCC(Nc2nncc(NCCN3CCOCC3)n2)CC1. The highest BCUT2D eigenvalue weighted by Crippen LogP contribution is 2.15. The van der Waals surface area contributed by atoms with E-state index < -0.39 is 0 Å². The van der Waals surface area contributed by atoms with Crippen LogP contribution in [0.5, 0.6) is 0 Å². The van der Waals surface area contributed by atoms with E-state index in [1.54, 1.807) is 11.1 Å². The van der Waals surface area contributed by atoms with Crippen LogP contribution in [0.15, 0.2) is 6.20 Å². The van der Waals surface area contributed by atoms with Gasteiger partial charge in [-0.3, -0.25) is 4.90 Å². The van der Waals surface area contributed by atoms with Crippen LogP contribution in [-0.4, -0.2) is 96.2 Å². The first-order chi connectivity index (χ1) is 13.2. The summed E-state index contributed by atoms with van der Waals surface area (Å²) in [5.74, 6) is 1.23. The fourth-order valence-corrected chi connectivity index (χ4v) is 3.22. The number of likely N-dealkylation sites (tertiary alicyclic amines) is 1. The average molecular weight is 379 g/mol. The first-order valence-electron chi connectivity index (χ1n) is 9.66. The van der Waals surface area contributed by atoms with E-state index >= 15 is 0 Å². The number of carbonyl (C=O) groups is 1. The summed E-state index contributed by atoms with van der Waals surface area (Å²) in [6.07, 6.45) is 3.06. The van der Waals surface area contributed by atoms with E-state index in [1.165, 1.54) is 0 Å². The maximum Gasteiger partial charge on any atom is 0.409 e. The minimum atomic E-state index is -0.236. The topological polar surface area (TPSA) is 105 Å². The molecule has 1 aromatic rings. The standard InChI is InChI=1S/C17H29N7O3/c1-2-27-17(25)24-6-3-14(4-7-24)20-16-21-15(13-19-22-16)18-5-8-23-9-11-26-12-10-23/h13-14H,2-12H2,1H3,(H2,18,20,21,22). The van der Waals surface area contributed by atoms with E-state index in [4.69, 9.17) is 9.47 Å². The van der Waals surface area contributed by atoms with Crippen molar-refractivity contribution in [1.29, 1.82) is 0 Å². The van der Waals surface area contributed by atoms with Gasteiger partial charge in [0.1, 0.15) is 0 Å². The molecule has 2 aliphatic heterocycles. The summed E-state index contributed by atoms with van der Waals surface area (Å²) >= 11 is 0. The minimum Gasteiger partial charge on any atom is -0.450 e. The molecule has 1 aromatic heterocycles. The van der Waals surface area contributed by atoms with Crippen LogP contribution in [-0.2, 0) is 9.47 Å². The summed E-state index contributed by atoms with van der Waals surface area (Å²) in [5, 5.41) is 14.7. The van der Waals surface area contributed by atoms with E-state index in [0.29, 0.717) is 31.5 Å².